The zero-order valence-corrected chi connectivity index (χ0v) is 10.7. The lowest BCUT2D eigenvalue weighted by atomic mass is 9.99. The molecule has 0 aliphatic carbocycles. The SMILES string of the molecule is Cc1cc(-c2ccnc3[nH]c(=O)[nH]c23)ccc1C(N)=O. The summed E-state index contributed by atoms with van der Waals surface area (Å²) in [7, 11) is 0. The number of nitrogens with zero attached hydrogens (tertiary/aromatic N) is 1. The van der Waals surface area contributed by atoms with Gasteiger partial charge in [-0.25, -0.2) is 9.78 Å². The van der Waals surface area contributed by atoms with Gasteiger partial charge in [0.05, 0.1) is 5.52 Å². The van der Waals surface area contributed by atoms with Crippen molar-refractivity contribution in [3.63, 3.8) is 0 Å². The number of rotatable bonds is 2. The van der Waals surface area contributed by atoms with Gasteiger partial charge in [-0.3, -0.25) is 9.78 Å². The molecule has 0 spiro atoms. The fraction of sp³-hybridized carbons (Fsp3) is 0.0714. The minimum atomic E-state index is -0.455. The fourth-order valence-electron chi connectivity index (χ4n) is 2.28. The Morgan fingerprint density at radius 1 is 1.25 bits per heavy atom. The van der Waals surface area contributed by atoms with Crippen LogP contribution in [0.3, 0.4) is 0 Å². The van der Waals surface area contributed by atoms with E-state index in [2.05, 4.69) is 15.0 Å². The van der Waals surface area contributed by atoms with Crippen molar-refractivity contribution in [1.29, 1.82) is 0 Å². The first-order chi connectivity index (χ1) is 9.56. The minimum absolute atomic E-state index is 0.301. The summed E-state index contributed by atoms with van der Waals surface area (Å²) in [6.45, 7) is 1.82. The van der Waals surface area contributed by atoms with Crippen LogP contribution in [0.15, 0.2) is 35.3 Å². The maximum absolute atomic E-state index is 11.4. The third kappa shape index (κ3) is 1.87. The molecule has 2 aromatic heterocycles. The van der Waals surface area contributed by atoms with Crippen LogP contribution in [-0.4, -0.2) is 20.9 Å². The Labute approximate surface area is 113 Å². The maximum Gasteiger partial charge on any atom is 0.325 e. The Hall–Kier alpha value is -2.89. The molecule has 3 aromatic rings. The van der Waals surface area contributed by atoms with E-state index < -0.39 is 5.91 Å². The van der Waals surface area contributed by atoms with Crippen molar-refractivity contribution < 1.29 is 4.79 Å². The molecule has 0 aliphatic rings. The second kappa shape index (κ2) is 4.34. The van der Waals surface area contributed by atoms with Crippen molar-refractivity contribution in [1.82, 2.24) is 15.0 Å². The molecule has 6 heteroatoms. The molecule has 4 N–H and O–H groups in total. The maximum atomic E-state index is 11.4. The molecule has 0 fully saturated rings. The molecule has 0 unspecified atom stereocenters. The normalized spacial score (nSPS) is 10.8. The quantitative estimate of drug-likeness (QED) is 0.652. The number of fused-ring (bicyclic) bond motifs is 1. The van der Waals surface area contributed by atoms with Crippen LogP contribution in [0.2, 0.25) is 0 Å². The largest absolute Gasteiger partial charge is 0.366 e. The molecule has 20 heavy (non-hydrogen) atoms. The van der Waals surface area contributed by atoms with E-state index in [-0.39, 0.29) is 5.69 Å². The van der Waals surface area contributed by atoms with Gasteiger partial charge in [-0.1, -0.05) is 12.1 Å². The first-order valence-electron chi connectivity index (χ1n) is 6.04. The number of aryl methyl sites for hydroxylation is 1. The standard InChI is InChI=1S/C14H12N4O2/c1-7-6-8(2-3-9(7)12(15)19)10-4-5-16-13-11(10)17-14(20)18-13/h2-6H,1H3,(H2,15,19)(H2,16,17,18,20). The number of aromatic nitrogens is 3. The Morgan fingerprint density at radius 2 is 2.05 bits per heavy atom. The summed E-state index contributed by atoms with van der Waals surface area (Å²) >= 11 is 0. The number of aromatic amines is 2. The second-order valence-corrected chi connectivity index (χ2v) is 4.56. The number of benzene rings is 1. The summed E-state index contributed by atoms with van der Waals surface area (Å²) in [5, 5.41) is 0. The first kappa shape index (κ1) is 12.2. The third-order valence-electron chi connectivity index (χ3n) is 3.22. The molecule has 0 atom stereocenters. The highest BCUT2D eigenvalue weighted by Crippen LogP contribution is 2.26. The van der Waals surface area contributed by atoms with Crippen LogP contribution in [0.1, 0.15) is 15.9 Å². The van der Waals surface area contributed by atoms with Gasteiger partial charge in [0.15, 0.2) is 5.65 Å². The molecule has 6 nitrogen and oxygen atoms in total. The van der Waals surface area contributed by atoms with Gasteiger partial charge in [0, 0.05) is 17.3 Å². The van der Waals surface area contributed by atoms with Gasteiger partial charge < -0.3 is 10.7 Å². The van der Waals surface area contributed by atoms with Crippen molar-refractivity contribution >= 4 is 17.1 Å². The smallest absolute Gasteiger partial charge is 0.325 e. The lowest BCUT2D eigenvalue weighted by Crippen LogP contribution is -2.12. The topological polar surface area (TPSA) is 105 Å². The fourth-order valence-corrected chi connectivity index (χ4v) is 2.28. The molecule has 1 amide bonds. The zero-order valence-electron chi connectivity index (χ0n) is 10.7. The number of amides is 1. The summed E-state index contributed by atoms with van der Waals surface area (Å²) < 4.78 is 0. The number of hydrogen-bond acceptors (Lipinski definition) is 3. The van der Waals surface area contributed by atoms with Crippen LogP contribution in [0.5, 0.6) is 0 Å². The Morgan fingerprint density at radius 3 is 2.75 bits per heavy atom. The number of nitrogens with one attached hydrogen (secondary N) is 2. The molecule has 3 rings (SSSR count). The predicted molar refractivity (Wildman–Crippen MR) is 75.4 cm³/mol. The molecule has 0 aliphatic heterocycles. The van der Waals surface area contributed by atoms with Crippen molar-refractivity contribution in [2.24, 2.45) is 5.73 Å². The van der Waals surface area contributed by atoms with E-state index in [9.17, 15) is 9.59 Å². The number of hydrogen-bond donors (Lipinski definition) is 3. The summed E-state index contributed by atoms with van der Waals surface area (Å²) in [5.41, 5.74) is 9.14. The highest BCUT2D eigenvalue weighted by atomic mass is 16.1. The third-order valence-corrected chi connectivity index (χ3v) is 3.22. The van der Waals surface area contributed by atoms with Gasteiger partial charge in [-0.05, 0) is 30.2 Å². The number of imidazole rings is 1. The van der Waals surface area contributed by atoms with Crippen LogP contribution in [0, 0.1) is 6.92 Å². The number of nitrogens with two attached hydrogens (primary N) is 1. The lowest BCUT2D eigenvalue weighted by molar-refractivity contribution is 0.1000. The van der Waals surface area contributed by atoms with Crippen LogP contribution in [-0.2, 0) is 0 Å². The summed E-state index contributed by atoms with van der Waals surface area (Å²) in [4.78, 5) is 32.0. The minimum Gasteiger partial charge on any atom is -0.366 e. The molecule has 0 radical (unpaired) electrons. The van der Waals surface area contributed by atoms with E-state index in [1.807, 2.05) is 19.1 Å². The van der Waals surface area contributed by atoms with E-state index in [4.69, 9.17) is 5.73 Å². The van der Waals surface area contributed by atoms with E-state index in [1.165, 1.54) is 0 Å². The van der Waals surface area contributed by atoms with Crippen LogP contribution >= 0.6 is 0 Å². The highest BCUT2D eigenvalue weighted by molar-refractivity contribution is 5.96. The number of pyridine rings is 1. The molecule has 100 valence electrons. The summed E-state index contributed by atoms with van der Waals surface area (Å²) in [6.07, 6.45) is 1.62. The molecule has 0 bridgehead atoms. The first-order valence-corrected chi connectivity index (χ1v) is 6.04. The van der Waals surface area contributed by atoms with Crippen molar-refractivity contribution in [3.05, 3.63) is 52.1 Å². The van der Waals surface area contributed by atoms with Gasteiger partial charge in [-0.15, -0.1) is 0 Å². The van der Waals surface area contributed by atoms with Crippen molar-refractivity contribution in [2.45, 2.75) is 6.92 Å². The van der Waals surface area contributed by atoms with Crippen molar-refractivity contribution in [3.8, 4) is 11.1 Å². The van der Waals surface area contributed by atoms with Crippen LogP contribution < -0.4 is 11.4 Å². The van der Waals surface area contributed by atoms with Gasteiger partial charge in [-0.2, -0.15) is 0 Å². The molecule has 2 heterocycles. The number of carbonyl (C=O) groups excluding carboxylic acids is 1. The number of primary amides is 1. The monoisotopic (exact) mass is 268 g/mol. The lowest BCUT2D eigenvalue weighted by Gasteiger charge is -2.07. The molecular formula is C14H12N4O2. The number of carbonyl (C=O) groups is 1. The average molecular weight is 268 g/mol. The molecule has 1 aromatic carbocycles. The van der Waals surface area contributed by atoms with Gasteiger partial charge in [0.1, 0.15) is 0 Å². The van der Waals surface area contributed by atoms with Gasteiger partial charge >= 0.3 is 5.69 Å². The zero-order chi connectivity index (χ0) is 14.3. The Bertz CT molecular complexity index is 876. The van der Waals surface area contributed by atoms with Gasteiger partial charge in [0.2, 0.25) is 5.91 Å². The molecular weight excluding hydrogens is 256 g/mol. The van der Waals surface area contributed by atoms with E-state index in [0.29, 0.717) is 16.7 Å². The predicted octanol–water partition coefficient (Wildman–Crippen LogP) is 1.33. The highest BCUT2D eigenvalue weighted by Gasteiger charge is 2.10. The second-order valence-electron chi connectivity index (χ2n) is 4.56. The summed E-state index contributed by atoms with van der Waals surface area (Å²) in [5.74, 6) is -0.455. The molecule has 0 saturated heterocycles. The Balaban J connectivity index is 2.23. The van der Waals surface area contributed by atoms with E-state index in [0.717, 1.165) is 16.7 Å². The van der Waals surface area contributed by atoms with Crippen LogP contribution in [0.25, 0.3) is 22.3 Å². The van der Waals surface area contributed by atoms with Gasteiger partial charge in [0.25, 0.3) is 0 Å². The number of H-pyrrole nitrogens is 2. The van der Waals surface area contributed by atoms with Crippen LogP contribution in [0.4, 0.5) is 0 Å². The summed E-state index contributed by atoms with van der Waals surface area (Å²) in [6, 6.07) is 7.15. The Kier molecular flexibility index (Phi) is 2.64. The molecule has 0 saturated carbocycles. The van der Waals surface area contributed by atoms with E-state index in [1.54, 1.807) is 18.3 Å². The average Bonchev–Trinajstić information content (AvgIpc) is 2.77. The van der Waals surface area contributed by atoms with Crippen molar-refractivity contribution in [2.75, 3.05) is 0 Å². The van der Waals surface area contributed by atoms with E-state index >= 15 is 0 Å².